The smallest absolute Gasteiger partial charge is 0.255 e. The van der Waals surface area contributed by atoms with Gasteiger partial charge in [-0.3, -0.25) is 9.78 Å². The number of aromatic nitrogens is 1. The molecule has 0 fully saturated rings. The molecule has 0 saturated carbocycles. The summed E-state index contributed by atoms with van der Waals surface area (Å²) < 4.78 is 10.6. The zero-order valence-electron chi connectivity index (χ0n) is 14.7. The Morgan fingerprint density at radius 3 is 2.38 bits per heavy atom. The van der Waals surface area contributed by atoms with Crippen LogP contribution in [0.1, 0.15) is 27.7 Å². The molecule has 3 aromatic rings. The summed E-state index contributed by atoms with van der Waals surface area (Å²) >= 11 is 0. The summed E-state index contributed by atoms with van der Waals surface area (Å²) in [6, 6.07) is 20.1. The summed E-state index contributed by atoms with van der Waals surface area (Å²) in [5.41, 5.74) is 2.11. The first-order chi connectivity index (χ1) is 12.7. The summed E-state index contributed by atoms with van der Waals surface area (Å²) in [6.07, 6.45) is 1.71. The third-order valence-electron chi connectivity index (χ3n) is 4.04. The highest BCUT2D eigenvalue weighted by molar-refractivity contribution is 5.97. The van der Waals surface area contributed by atoms with Crippen molar-refractivity contribution in [3.63, 3.8) is 0 Å². The van der Waals surface area contributed by atoms with Crippen LogP contribution in [-0.4, -0.2) is 25.1 Å². The van der Waals surface area contributed by atoms with E-state index in [-0.39, 0.29) is 11.9 Å². The number of nitrogens with one attached hydrogen (secondary N) is 1. The first kappa shape index (κ1) is 17.5. The minimum atomic E-state index is -0.374. The van der Waals surface area contributed by atoms with E-state index >= 15 is 0 Å². The zero-order chi connectivity index (χ0) is 18.4. The van der Waals surface area contributed by atoms with E-state index in [1.807, 2.05) is 48.5 Å². The van der Waals surface area contributed by atoms with Crippen molar-refractivity contribution in [2.75, 3.05) is 14.2 Å². The number of ether oxygens (including phenoxy) is 2. The number of hydrogen-bond donors (Lipinski definition) is 1. The summed E-state index contributed by atoms with van der Waals surface area (Å²) in [5.74, 6) is 0.807. The lowest BCUT2D eigenvalue weighted by Gasteiger charge is -2.20. The molecule has 5 nitrogen and oxygen atoms in total. The number of hydrogen-bond acceptors (Lipinski definition) is 4. The zero-order valence-corrected chi connectivity index (χ0v) is 14.7. The molecule has 0 spiro atoms. The van der Waals surface area contributed by atoms with Gasteiger partial charge >= 0.3 is 0 Å². The van der Waals surface area contributed by atoms with E-state index in [0.29, 0.717) is 17.1 Å². The Hall–Kier alpha value is -3.34. The number of methoxy groups -OCH3 is 2. The predicted molar refractivity (Wildman–Crippen MR) is 99.5 cm³/mol. The van der Waals surface area contributed by atoms with Crippen molar-refractivity contribution < 1.29 is 14.3 Å². The van der Waals surface area contributed by atoms with Gasteiger partial charge in [0.05, 0.1) is 31.5 Å². The Labute approximate surface area is 152 Å². The molecule has 0 radical (unpaired) electrons. The molecule has 1 aromatic heterocycles. The normalized spacial score (nSPS) is 11.5. The number of pyridine rings is 1. The lowest BCUT2D eigenvalue weighted by molar-refractivity contribution is 0.0939. The molecular formula is C21H20N2O3. The Bertz CT molecular complexity index is 827. The van der Waals surface area contributed by atoms with Gasteiger partial charge in [0.1, 0.15) is 11.5 Å². The van der Waals surface area contributed by atoms with E-state index in [0.717, 1.165) is 11.3 Å². The summed E-state index contributed by atoms with van der Waals surface area (Å²) in [5, 5.41) is 3.05. The van der Waals surface area contributed by atoms with Crippen LogP contribution in [-0.2, 0) is 0 Å². The fourth-order valence-electron chi connectivity index (χ4n) is 2.72. The van der Waals surface area contributed by atoms with Gasteiger partial charge in [-0.05, 0) is 35.9 Å². The maximum atomic E-state index is 13.0. The molecule has 5 heteroatoms. The lowest BCUT2D eigenvalue weighted by atomic mass is 10.0. The third-order valence-corrected chi connectivity index (χ3v) is 4.04. The number of carbonyl (C=O) groups excluding carboxylic acids is 1. The maximum Gasteiger partial charge on any atom is 0.255 e. The summed E-state index contributed by atoms with van der Waals surface area (Å²) in [6.45, 7) is 0. The standard InChI is InChI=1S/C21H20N2O3/c1-25-16-11-12-19(26-2)17(14-16)21(24)23-20(15-8-4-3-5-9-15)18-10-6-7-13-22-18/h3-14,20H,1-2H3,(H,23,24). The van der Waals surface area contributed by atoms with Gasteiger partial charge in [0.15, 0.2) is 0 Å². The van der Waals surface area contributed by atoms with E-state index in [2.05, 4.69) is 10.3 Å². The van der Waals surface area contributed by atoms with Gasteiger partial charge < -0.3 is 14.8 Å². The van der Waals surface area contributed by atoms with Gasteiger partial charge in [0, 0.05) is 6.20 Å². The summed E-state index contributed by atoms with van der Waals surface area (Å²) in [4.78, 5) is 17.4. The van der Waals surface area contributed by atoms with E-state index in [1.165, 1.54) is 7.11 Å². The van der Waals surface area contributed by atoms with Crippen molar-refractivity contribution in [3.8, 4) is 11.5 Å². The van der Waals surface area contributed by atoms with E-state index in [4.69, 9.17) is 9.47 Å². The molecule has 0 aliphatic carbocycles. The molecule has 2 aromatic carbocycles. The van der Waals surface area contributed by atoms with Crippen molar-refractivity contribution in [2.24, 2.45) is 0 Å². The Balaban J connectivity index is 1.96. The lowest BCUT2D eigenvalue weighted by Crippen LogP contribution is -2.30. The van der Waals surface area contributed by atoms with E-state index in [9.17, 15) is 4.79 Å². The van der Waals surface area contributed by atoms with Crippen LogP contribution in [0.4, 0.5) is 0 Å². The average molecular weight is 348 g/mol. The molecule has 0 aliphatic heterocycles. The van der Waals surface area contributed by atoms with Crippen molar-refractivity contribution in [1.29, 1.82) is 0 Å². The molecular weight excluding hydrogens is 328 g/mol. The Kier molecular flexibility index (Phi) is 5.49. The van der Waals surface area contributed by atoms with Gasteiger partial charge in [-0.1, -0.05) is 36.4 Å². The molecule has 1 N–H and O–H groups in total. The van der Waals surface area contributed by atoms with Crippen LogP contribution >= 0.6 is 0 Å². The molecule has 0 saturated heterocycles. The van der Waals surface area contributed by atoms with Crippen LogP contribution in [0.25, 0.3) is 0 Å². The molecule has 1 atom stereocenters. The number of carbonyl (C=O) groups is 1. The minimum Gasteiger partial charge on any atom is -0.497 e. The molecule has 132 valence electrons. The Morgan fingerprint density at radius 2 is 1.73 bits per heavy atom. The second kappa shape index (κ2) is 8.16. The van der Waals surface area contributed by atoms with Gasteiger partial charge in [-0.25, -0.2) is 0 Å². The number of benzene rings is 2. The molecule has 1 amide bonds. The van der Waals surface area contributed by atoms with E-state index in [1.54, 1.807) is 31.5 Å². The van der Waals surface area contributed by atoms with Gasteiger partial charge in [0.25, 0.3) is 5.91 Å². The van der Waals surface area contributed by atoms with Crippen LogP contribution in [0.5, 0.6) is 11.5 Å². The average Bonchev–Trinajstić information content (AvgIpc) is 2.72. The van der Waals surface area contributed by atoms with Gasteiger partial charge in [0.2, 0.25) is 0 Å². The fourth-order valence-corrected chi connectivity index (χ4v) is 2.72. The van der Waals surface area contributed by atoms with Crippen molar-refractivity contribution in [1.82, 2.24) is 10.3 Å². The van der Waals surface area contributed by atoms with Crippen LogP contribution < -0.4 is 14.8 Å². The predicted octanol–water partition coefficient (Wildman–Crippen LogP) is 3.62. The van der Waals surface area contributed by atoms with Gasteiger partial charge in [-0.15, -0.1) is 0 Å². The fraction of sp³-hybridized carbons (Fsp3) is 0.143. The van der Waals surface area contributed by atoms with Crippen LogP contribution in [0.15, 0.2) is 72.9 Å². The first-order valence-electron chi connectivity index (χ1n) is 8.21. The van der Waals surface area contributed by atoms with Gasteiger partial charge in [-0.2, -0.15) is 0 Å². The first-order valence-corrected chi connectivity index (χ1v) is 8.21. The highest BCUT2D eigenvalue weighted by atomic mass is 16.5. The number of amides is 1. The highest BCUT2D eigenvalue weighted by Crippen LogP contribution is 2.26. The monoisotopic (exact) mass is 348 g/mol. The number of nitrogens with zero attached hydrogens (tertiary/aromatic N) is 1. The van der Waals surface area contributed by atoms with Crippen LogP contribution in [0, 0.1) is 0 Å². The Morgan fingerprint density at radius 1 is 0.962 bits per heavy atom. The third kappa shape index (κ3) is 3.83. The van der Waals surface area contributed by atoms with Crippen LogP contribution in [0.2, 0.25) is 0 Å². The van der Waals surface area contributed by atoms with Crippen molar-refractivity contribution >= 4 is 5.91 Å². The molecule has 1 unspecified atom stereocenters. The largest absolute Gasteiger partial charge is 0.497 e. The molecule has 3 rings (SSSR count). The maximum absolute atomic E-state index is 13.0. The quantitative estimate of drug-likeness (QED) is 0.739. The SMILES string of the molecule is COc1ccc(OC)c(C(=O)NC(c2ccccc2)c2ccccn2)c1. The second-order valence-corrected chi connectivity index (χ2v) is 5.64. The topological polar surface area (TPSA) is 60.5 Å². The number of rotatable bonds is 6. The van der Waals surface area contributed by atoms with E-state index < -0.39 is 0 Å². The van der Waals surface area contributed by atoms with Crippen molar-refractivity contribution in [2.45, 2.75) is 6.04 Å². The molecule has 1 heterocycles. The second-order valence-electron chi connectivity index (χ2n) is 5.64. The van der Waals surface area contributed by atoms with Crippen LogP contribution in [0.3, 0.4) is 0 Å². The van der Waals surface area contributed by atoms with Crippen molar-refractivity contribution in [3.05, 3.63) is 89.7 Å². The molecule has 0 aliphatic rings. The summed E-state index contributed by atoms with van der Waals surface area (Å²) in [7, 11) is 3.09. The molecule has 26 heavy (non-hydrogen) atoms. The molecule has 0 bridgehead atoms. The highest BCUT2D eigenvalue weighted by Gasteiger charge is 2.21. The minimum absolute atomic E-state index is 0.264.